The predicted octanol–water partition coefficient (Wildman–Crippen LogP) is 4.59. The molecular weight excluding hydrogens is 458 g/mol. The molecule has 3 aromatic rings. The Kier molecular flexibility index (Phi) is 8.62. The number of thioether (sulfide) groups is 2. The average Bonchev–Trinajstić information content (AvgIpc) is 2.81. The molecule has 1 N–H and O–H groups in total. The second kappa shape index (κ2) is 11.6. The number of ether oxygens (including phenoxy) is 1. The minimum Gasteiger partial charge on any atom is -0.465 e. The summed E-state index contributed by atoms with van der Waals surface area (Å²) >= 11 is 2.51. The molecule has 0 aliphatic carbocycles. The third-order valence-corrected chi connectivity index (χ3v) is 6.23. The van der Waals surface area contributed by atoms with Crippen molar-refractivity contribution in [3.05, 3.63) is 77.0 Å². The molecule has 7 nitrogen and oxygen atoms in total. The summed E-state index contributed by atoms with van der Waals surface area (Å²) in [5, 5.41) is 3.84. The van der Waals surface area contributed by atoms with Crippen LogP contribution >= 0.6 is 23.5 Å². The predicted molar refractivity (Wildman–Crippen MR) is 130 cm³/mol. The number of methoxy groups -OCH3 is 1. The van der Waals surface area contributed by atoms with Crippen LogP contribution in [0.2, 0.25) is 0 Å². The summed E-state index contributed by atoms with van der Waals surface area (Å²) in [6.45, 7) is 3.81. The molecule has 0 unspecified atom stereocenters. The van der Waals surface area contributed by atoms with Crippen molar-refractivity contribution >= 4 is 46.9 Å². The van der Waals surface area contributed by atoms with E-state index in [2.05, 4.69) is 15.3 Å². The third kappa shape index (κ3) is 7.16. The van der Waals surface area contributed by atoms with E-state index in [1.54, 1.807) is 30.3 Å². The van der Waals surface area contributed by atoms with Gasteiger partial charge in [-0.05, 0) is 32.0 Å². The first-order valence-corrected chi connectivity index (χ1v) is 12.0. The molecule has 0 atom stereocenters. The number of hydrogen-bond donors (Lipinski definition) is 1. The van der Waals surface area contributed by atoms with Gasteiger partial charge in [0.1, 0.15) is 5.03 Å². The van der Waals surface area contributed by atoms with Gasteiger partial charge in [0, 0.05) is 11.3 Å². The van der Waals surface area contributed by atoms with Gasteiger partial charge in [0.05, 0.1) is 29.9 Å². The van der Waals surface area contributed by atoms with Gasteiger partial charge in [-0.2, -0.15) is 0 Å². The molecule has 0 fully saturated rings. The van der Waals surface area contributed by atoms with Crippen LogP contribution in [-0.4, -0.2) is 46.2 Å². The highest BCUT2D eigenvalue weighted by Crippen LogP contribution is 2.23. The number of anilines is 1. The standard InChI is InChI=1S/C24H23N3O4S2/c1-15-8-10-17(11-9-15)20(28)13-33-24-25-16(2)12-22(27-24)32-14-21(29)26-19-7-5-4-6-18(19)23(30)31-3/h4-12H,13-14H2,1-3H3,(H,26,29). The zero-order valence-electron chi connectivity index (χ0n) is 18.5. The number of carbonyl (C=O) groups is 3. The van der Waals surface area contributed by atoms with Crippen molar-refractivity contribution in [2.45, 2.75) is 24.0 Å². The SMILES string of the molecule is COC(=O)c1ccccc1NC(=O)CSc1cc(C)nc(SCC(=O)c2ccc(C)cc2)n1. The minimum atomic E-state index is -0.521. The van der Waals surface area contributed by atoms with Crippen LogP contribution in [-0.2, 0) is 9.53 Å². The van der Waals surface area contributed by atoms with Gasteiger partial charge in [0.15, 0.2) is 10.9 Å². The van der Waals surface area contributed by atoms with E-state index < -0.39 is 5.97 Å². The summed E-state index contributed by atoms with van der Waals surface area (Å²) in [6, 6.07) is 15.9. The van der Waals surface area contributed by atoms with Crippen molar-refractivity contribution in [1.29, 1.82) is 0 Å². The summed E-state index contributed by atoms with van der Waals surface area (Å²) < 4.78 is 4.75. The number of ketones is 1. The van der Waals surface area contributed by atoms with Gasteiger partial charge in [-0.3, -0.25) is 9.59 Å². The molecule has 0 saturated carbocycles. The highest BCUT2D eigenvalue weighted by molar-refractivity contribution is 8.00. The van der Waals surface area contributed by atoms with E-state index in [1.807, 2.05) is 38.1 Å². The van der Waals surface area contributed by atoms with E-state index in [1.165, 1.54) is 30.6 Å². The van der Waals surface area contributed by atoms with Crippen LogP contribution in [0.3, 0.4) is 0 Å². The number of hydrogen-bond acceptors (Lipinski definition) is 8. The molecule has 0 saturated heterocycles. The van der Waals surface area contributed by atoms with E-state index in [4.69, 9.17) is 4.74 Å². The lowest BCUT2D eigenvalue weighted by Crippen LogP contribution is -2.17. The summed E-state index contributed by atoms with van der Waals surface area (Å²) in [7, 11) is 1.29. The Bertz CT molecular complexity index is 1170. The molecule has 3 rings (SSSR count). The van der Waals surface area contributed by atoms with E-state index in [-0.39, 0.29) is 28.8 Å². The Morgan fingerprint density at radius 3 is 2.39 bits per heavy atom. The minimum absolute atomic E-state index is 0.00274. The molecule has 2 aromatic carbocycles. The zero-order chi connectivity index (χ0) is 23.8. The highest BCUT2D eigenvalue weighted by Gasteiger charge is 2.14. The van der Waals surface area contributed by atoms with Gasteiger partial charge in [0.25, 0.3) is 0 Å². The zero-order valence-corrected chi connectivity index (χ0v) is 20.1. The number of Topliss-reactive ketones (excluding diaryl/α,β-unsaturated/α-hetero) is 1. The largest absolute Gasteiger partial charge is 0.465 e. The van der Waals surface area contributed by atoms with Gasteiger partial charge in [0.2, 0.25) is 5.91 Å². The maximum atomic E-state index is 12.4. The van der Waals surface area contributed by atoms with Gasteiger partial charge >= 0.3 is 5.97 Å². The van der Waals surface area contributed by atoms with Crippen molar-refractivity contribution in [1.82, 2.24) is 9.97 Å². The lowest BCUT2D eigenvalue weighted by Gasteiger charge is -2.10. The Balaban J connectivity index is 1.58. The summed E-state index contributed by atoms with van der Waals surface area (Å²) in [5.41, 5.74) is 3.17. The van der Waals surface area contributed by atoms with Crippen LogP contribution in [0.4, 0.5) is 5.69 Å². The summed E-state index contributed by atoms with van der Waals surface area (Å²) in [6.07, 6.45) is 0. The number of carbonyl (C=O) groups excluding carboxylic acids is 3. The molecule has 9 heteroatoms. The lowest BCUT2D eigenvalue weighted by molar-refractivity contribution is -0.113. The monoisotopic (exact) mass is 481 g/mol. The summed E-state index contributed by atoms with van der Waals surface area (Å²) in [4.78, 5) is 45.6. The second-order valence-corrected chi connectivity index (χ2v) is 9.02. The second-order valence-electron chi connectivity index (χ2n) is 7.08. The first kappa shape index (κ1) is 24.5. The highest BCUT2D eigenvalue weighted by atomic mass is 32.2. The number of aryl methyl sites for hydroxylation is 2. The summed E-state index contributed by atoms with van der Waals surface area (Å²) in [5.74, 6) is -0.481. The number of rotatable bonds is 9. The van der Waals surface area contributed by atoms with Crippen LogP contribution in [0.1, 0.15) is 32.0 Å². The number of para-hydroxylation sites is 1. The van der Waals surface area contributed by atoms with E-state index in [0.29, 0.717) is 21.4 Å². The molecule has 0 aliphatic rings. The van der Waals surface area contributed by atoms with Gasteiger partial charge in [-0.25, -0.2) is 14.8 Å². The Labute approximate surface area is 200 Å². The normalized spacial score (nSPS) is 10.5. The molecule has 170 valence electrons. The number of aromatic nitrogens is 2. The van der Waals surface area contributed by atoms with Gasteiger partial charge < -0.3 is 10.1 Å². The van der Waals surface area contributed by atoms with Crippen molar-refractivity contribution in [3.8, 4) is 0 Å². The number of nitrogens with zero attached hydrogens (tertiary/aromatic N) is 2. The molecule has 1 heterocycles. The molecule has 0 bridgehead atoms. The van der Waals surface area contributed by atoms with E-state index in [9.17, 15) is 14.4 Å². The average molecular weight is 482 g/mol. The van der Waals surface area contributed by atoms with Crippen LogP contribution in [0.25, 0.3) is 0 Å². The van der Waals surface area contributed by atoms with Crippen LogP contribution in [0.15, 0.2) is 64.8 Å². The molecule has 1 amide bonds. The fraction of sp³-hybridized carbons (Fsp3) is 0.208. The van der Waals surface area contributed by atoms with E-state index >= 15 is 0 Å². The molecule has 0 aliphatic heterocycles. The molecule has 1 aromatic heterocycles. The first-order valence-electron chi connectivity index (χ1n) is 10.0. The van der Waals surface area contributed by atoms with Gasteiger partial charge in [-0.1, -0.05) is 65.5 Å². The van der Waals surface area contributed by atoms with Crippen molar-refractivity contribution < 1.29 is 19.1 Å². The lowest BCUT2D eigenvalue weighted by atomic mass is 10.1. The molecule has 33 heavy (non-hydrogen) atoms. The smallest absolute Gasteiger partial charge is 0.339 e. The van der Waals surface area contributed by atoms with Crippen molar-refractivity contribution in [2.24, 2.45) is 0 Å². The van der Waals surface area contributed by atoms with E-state index in [0.717, 1.165) is 11.3 Å². The molecule has 0 radical (unpaired) electrons. The fourth-order valence-corrected chi connectivity index (χ4v) is 4.42. The van der Waals surface area contributed by atoms with Gasteiger partial charge in [-0.15, -0.1) is 0 Å². The topological polar surface area (TPSA) is 98.2 Å². The Morgan fingerprint density at radius 1 is 0.939 bits per heavy atom. The Hall–Kier alpha value is -3.17. The number of nitrogens with one attached hydrogen (secondary N) is 1. The first-order chi connectivity index (χ1) is 15.9. The Morgan fingerprint density at radius 2 is 1.67 bits per heavy atom. The number of esters is 1. The fourth-order valence-electron chi connectivity index (χ4n) is 2.81. The van der Waals surface area contributed by atoms with Crippen LogP contribution in [0, 0.1) is 13.8 Å². The quantitative estimate of drug-likeness (QED) is 0.156. The van der Waals surface area contributed by atoms with Crippen molar-refractivity contribution in [3.63, 3.8) is 0 Å². The maximum absolute atomic E-state index is 12.4. The van der Waals surface area contributed by atoms with Crippen LogP contribution < -0.4 is 5.32 Å². The number of amides is 1. The number of benzene rings is 2. The third-order valence-electron chi connectivity index (χ3n) is 4.47. The van der Waals surface area contributed by atoms with Crippen molar-refractivity contribution in [2.75, 3.05) is 23.9 Å². The molecule has 0 spiro atoms. The maximum Gasteiger partial charge on any atom is 0.339 e. The van der Waals surface area contributed by atoms with Crippen LogP contribution in [0.5, 0.6) is 0 Å². The molecular formula is C24H23N3O4S2.